The van der Waals surface area contributed by atoms with E-state index in [1.807, 2.05) is 29.2 Å². The highest BCUT2D eigenvalue weighted by Gasteiger charge is 2.38. The molecule has 162 valence electrons. The zero-order valence-electron chi connectivity index (χ0n) is 17.2. The summed E-state index contributed by atoms with van der Waals surface area (Å²) in [6, 6.07) is 7.54. The number of aryl methyl sites for hydroxylation is 1. The summed E-state index contributed by atoms with van der Waals surface area (Å²) in [5.74, 6) is 0.874. The van der Waals surface area contributed by atoms with E-state index in [2.05, 4.69) is 20.8 Å². The van der Waals surface area contributed by atoms with E-state index in [-0.39, 0.29) is 36.0 Å². The number of anilines is 1. The van der Waals surface area contributed by atoms with Crippen LogP contribution in [0.4, 0.5) is 5.69 Å². The molecule has 10 heteroatoms. The lowest BCUT2D eigenvalue weighted by molar-refractivity contribution is -0.134. The average molecular weight is 433 g/mol. The molecule has 0 spiro atoms. The maximum atomic E-state index is 13.2. The molecule has 2 aromatic rings. The Hall–Kier alpha value is -2.49. The number of rotatable bonds is 6. The van der Waals surface area contributed by atoms with E-state index < -0.39 is 9.84 Å². The van der Waals surface area contributed by atoms with Crippen molar-refractivity contribution < 1.29 is 13.2 Å². The third kappa shape index (κ3) is 4.63. The molecule has 0 bridgehead atoms. The molecule has 1 atom stereocenters. The minimum absolute atomic E-state index is 0.0327. The Balaban J connectivity index is 1.47. The third-order valence-electron chi connectivity index (χ3n) is 6.04. The van der Waals surface area contributed by atoms with E-state index in [4.69, 9.17) is 0 Å². The number of benzene rings is 1. The van der Waals surface area contributed by atoms with Crippen molar-refractivity contribution in [3.8, 4) is 11.4 Å². The van der Waals surface area contributed by atoms with Crippen LogP contribution in [0.1, 0.15) is 38.5 Å². The summed E-state index contributed by atoms with van der Waals surface area (Å²) < 4.78 is 25.7. The maximum absolute atomic E-state index is 13.2. The van der Waals surface area contributed by atoms with Gasteiger partial charge in [0.05, 0.1) is 18.1 Å². The zero-order valence-corrected chi connectivity index (χ0v) is 18.0. The molecular weight excluding hydrogens is 404 g/mol. The van der Waals surface area contributed by atoms with Crippen molar-refractivity contribution in [3.05, 3.63) is 24.3 Å². The molecule has 1 aliphatic heterocycles. The summed E-state index contributed by atoms with van der Waals surface area (Å²) in [7, 11) is -1.28. The van der Waals surface area contributed by atoms with Gasteiger partial charge in [0.25, 0.3) is 0 Å². The molecule has 0 radical (unpaired) electrons. The summed E-state index contributed by atoms with van der Waals surface area (Å²) >= 11 is 0. The lowest BCUT2D eigenvalue weighted by Gasteiger charge is -2.38. The standard InChI is InChI=1S/C20H28N6O3S/c1-25-20(22-23-24-25)15-6-5-7-16(12-15)21-13-19(27)26(17-8-3-2-4-9-17)18-10-11-30(28,29)14-18/h5-7,12,17-18,21H,2-4,8-11,13-14H2,1H3. The molecule has 1 N–H and O–H groups in total. The molecule has 1 unspecified atom stereocenters. The molecule has 1 aliphatic carbocycles. The largest absolute Gasteiger partial charge is 0.376 e. The number of hydrogen-bond acceptors (Lipinski definition) is 7. The van der Waals surface area contributed by atoms with Gasteiger partial charge in [0, 0.05) is 30.4 Å². The Morgan fingerprint density at radius 2 is 2.00 bits per heavy atom. The third-order valence-corrected chi connectivity index (χ3v) is 7.79. The molecule has 1 saturated carbocycles. The highest BCUT2D eigenvalue weighted by Crippen LogP contribution is 2.28. The van der Waals surface area contributed by atoms with Gasteiger partial charge in [0.1, 0.15) is 0 Å². The molecule has 1 amide bonds. The number of nitrogens with zero attached hydrogens (tertiary/aromatic N) is 5. The van der Waals surface area contributed by atoms with Crippen LogP contribution in [0.25, 0.3) is 11.4 Å². The Kier molecular flexibility index (Phi) is 6.03. The normalized spacial score (nSPS) is 21.4. The van der Waals surface area contributed by atoms with Crippen molar-refractivity contribution in [1.82, 2.24) is 25.1 Å². The molecule has 1 saturated heterocycles. The van der Waals surface area contributed by atoms with Gasteiger partial charge in [-0.2, -0.15) is 0 Å². The second-order valence-corrected chi connectivity index (χ2v) is 10.4. The van der Waals surface area contributed by atoms with Gasteiger partial charge in [-0.1, -0.05) is 31.4 Å². The fraction of sp³-hybridized carbons (Fsp3) is 0.600. The van der Waals surface area contributed by atoms with Crippen molar-refractivity contribution in [2.24, 2.45) is 7.05 Å². The smallest absolute Gasteiger partial charge is 0.242 e. The van der Waals surface area contributed by atoms with E-state index in [9.17, 15) is 13.2 Å². The minimum Gasteiger partial charge on any atom is -0.376 e. The topological polar surface area (TPSA) is 110 Å². The second-order valence-electron chi connectivity index (χ2n) is 8.21. The first-order valence-corrected chi connectivity index (χ1v) is 12.3. The van der Waals surface area contributed by atoms with Crippen LogP contribution in [-0.4, -0.2) is 69.6 Å². The minimum atomic E-state index is -3.05. The number of amides is 1. The van der Waals surface area contributed by atoms with Crippen LogP contribution in [0.5, 0.6) is 0 Å². The molecule has 2 heterocycles. The highest BCUT2D eigenvalue weighted by molar-refractivity contribution is 7.91. The van der Waals surface area contributed by atoms with Crippen molar-refractivity contribution >= 4 is 21.4 Å². The number of carbonyl (C=O) groups is 1. The molecule has 2 fully saturated rings. The SMILES string of the molecule is Cn1nnnc1-c1cccc(NCC(=O)N(C2CCCCC2)C2CCS(=O)(=O)C2)c1. The molecule has 1 aromatic carbocycles. The first kappa shape index (κ1) is 20.8. The van der Waals surface area contributed by atoms with Crippen molar-refractivity contribution in [2.75, 3.05) is 23.4 Å². The van der Waals surface area contributed by atoms with Crippen LogP contribution in [-0.2, 0) is 21.7 Å². The lowest BCUT2D eigenvalue weighted by atomic mass is 9.93. The van der Waals surface area contributed by atoms with Crippen LogP contribution < -0.4 is 5.32 Å². The van der Waals surface area contributed by atoms with Crippen molar-refractivity contribution in [2.45, 2.75) is 50.6 Å². The molecule has 2 aliphatic rings. The number of sulfone groups is 1. The van der Waals surface area contributed by atoms with Gasteiger partial charge >= 0.3 is 0 Å². The Bertz CT molecular complexity index is 999. The fourth-order valence-corrected chi connectivity index (χ4v) is 6.28. The first-order valence-electron chi connectivity index (χ1n) is 10.5. The summed E-state index contributed by atoms with van der Waals surface area (Å²) in [6.07, 6.45) is 5.82. The van der Waals surface area contributed by atoms with Gasteiger partial charge in [0.2, 0.25) is 5.91 Å². The van der Waals surface area contributed by atoms with Crippen LogP contribution in [0.3, 0.4) is 0 Å². The van der Waals surface area contributed by atoms with E-state index in [0.29, 0.717) is 12.2 Å². The molecule has 30 heavy (non-hydrogen) atoms. The summed E-state index contributed by atoms with van der Waals surface area (Å²) in [6.45, 7) is 0.133. The summed E-state index contributed by atoms with van der Waals surface area (Å²) in [4.78, 5) is 15.1. The Morgan fingerprint density at radius 1 is 1.20 bits per heavy atom. The van der Waals surface area contributed by atoms with E-state index in [0.717, 1.165) is 36.9 Å². The number of carbonyl (C=O) groups excluding carboxylic acids is 1. The van der Waals surface area contributed by atoms with Gasteiger partial charge in [0.15, 0.2) is 15.7 Å². The van der Waals surface area contributed by atoms with Crippen LogP contribution >= 0.6 is 0 Å². The van der Waals surface area contributed by atoms with Gasteiger partial charge < -0.3 is 10.2 Å². The zero-order chi connectivity index (χ0) is 21.1. The van der Waals surface area contributed by atoms with Crippen molar-refractivity contribution in [1.29, 1.82) is 0 Å². The van der Waals surface area contributed by atoms with E-state index in [1.54, 1.807) is 11.7 Å². The Labute approximate surface area is 176 Å². The summed E-state index contributed by atoms with van der Waals surface area (Å²) in [5, 5.41) is 14.7. The number of hydrogen-bond donors (Lipinski definition) is 1. The monoisotopic (exact) mass is 432 g/mol. The van der Waals surface area contributed by atoms with E-state index >= 15 is 0 Å². The van der Waals surface area contributed by atoms with Gasteiger partial charge in [-0.3, -0.25) is 4.79 Å². The van der Waals surface area contributed by atoms with Gasteiger partial charge in [-0.15, -0.1) is 5.10 Å². The predicted molar refractivity (Wildman–Crippen MR) is 114 cm³/mol. The highest BCUT2D eigenvalue weighted by atomic mass is 32.2. The lowest BCUT2D eigenvalue weighted by Crippen LogP contribution is -2.50. The predicted octanol–water partition coefficient (Wildman–Crippen LogP) is 1.64. The van der Waals surface area contributed by atoms with Crippen LogP contribution in [0.15, 0.2) is 24.3 Å². The first-order chi connectivity index (χ1) is 14.4. The molecular formula is C20H28N6O3S. The number of nitrogens with one attached hydrogen (secondary N) is 1. The van der Waals surface area contributed by atoms with Crippen LogP contribution in [0.2, 0.25) is 0 Å². The molecule has 9 nitrogen and oxygen atoms in total. The van der Waals surface area contributed by atoms with Gasteiger partial charge in [-0.25, -0.2) is 13.1 Å². The second kappa shape index (κ2) is 8.71. The van der Waals surface area contributed by atoms with Gasteiger partial charge in [-0.05, 0) is 41.8 Å². The maximum Gasteiger partial charge on any atom is 0.242 e. The fourth-order valence-electron chi connectivity index (χ4n) is 4.57. The quantitative estimate of drug-likeness (QED) is 0.739. The molecule has 1 aromatic heterocycles. The van der Waals surface area contributed by atoms with E-state index in [1.165, 1.54) is 6.42 Å². The summed E-state index contributed by atoms with van der Waals surface area (Å²) in [5.41, 5.74) is 1.65. The number of aromatic nitrogens is 4. The Morgan fingerprint density at radius 3 is 2.67 bits per heavy atom. The molecule has 4 rings (SSSR count). The average Bonchev–Trinajstić information content (AvgIpc) is 3.32. The van der Waals surface area contributed by atoms with Crippen molar-refractivity contribution in [3.63, 3.8) is 0 Å². The van der Waals surface area contributed by atoms with Crippen LogP contribution in [0, 0.1) is 0 Å². The number of tetrazole rings is 1.